The van der Waals surface area contributed by atoms with Crippen molar-refractivity contribution in [3.63, 3.8) is 0 Å². The van der Waals surface area contributed by atoms with Gasteiger partial charge in [0, 0.05) is 23.5 Å². The van der Waals surface area contributed by atoms with Crippen LogP contribution in [0.25, 0.3) is 0 Å². The molecule has 0 heterocycles. The fourth-order valence-corrected chi connectivity index (χ4v) is 3.38. The molecular formula is C27H28N4O4S. The smallest absolute Gasteiger partial charge is 0.306 e. The van der Waals surface area contributed by atoms with Crippen molar-refractivity contribution < 1.29 is 19.1 Å². The fourth-order valence-electron chi connectivity index (χ4n) is 3.16. The van der Waals surface area contributed by atoms with Crippen LogP contribution in [0, 0.1) is 0 Å². The van der Waals surface area contributed by atoms with Crippen LogP contribution in [0.4, 0.5) is 22.7 Å². The van der Waals surface area contributed by atoms with Gasteiger partial charge < -0.3 is 26.0 Å². The zero-order valence-corrected chi connectivity index (χ0v) is 20.7. The van der Waals surface area contributed by atoms with Gasteiger partial charge in [0.15, 0.2) is 5.11 Å². The van der Waals surface area contributed by atoms with E-state index in [4.69, 9.17) is 17.0 Å². The molecule has 3 aromatic rings. The summed E-state index contributed by atoms with van der Waals surface area (Å²) in [7, 11) is 0. The standard InChI is InChI=1S/C27H28N4O4S/c1-2-18-35-25(33)17-16-24(32)31-27(36)30-23-11-7-6-10-22(23)26(34)29-21-14-12-20(13-15-21)28-19-8-4-3-5-9-19/h3-15,28H,2,16-18H2,1H3,(H,29,34)(H2,30,31,32,36). The van der Waals surface area contributed by atoms with Crippen LogP contribution < -0.4 is 21.3 Å². The minimum absolute atomic E-state index is 0.0264. The van der Waals surface area contributed by atoms with Crippen molar-refractivity contribution in [1.82, 2.24) is 5.32 Å². The molecular weight excluding hydrogens is 476 g/mol. The number of carbonyl (C=O) groups is 3. The predicted octanol–water partition coefficient (Wildman–Crippen LogP) is 5.23. The van der Waals surface area contributed by atoms with E-state index in [-0.39, 0.29) is 23.9 Å². The molecule has 0 fully saturated rings. The minimum atomic E-state index is -0.434. The van der Waals surface area contributed by atoms with E-state index >= 15 is 0 Å². The van der Waals surface area contributed by atoms with E-state index in [2.05, 4.69) is 21.3 Å². The van der Waals surface area contributed by atoms with E-state index in [0.717, 1.165) is 17.8 Å². The second kappa shape index (κ2) is 13.6. The van der Waals surface area contributed by atoms with Crippen molar-refractivity contribution in [2.75, 3.05) is 22.6 Å². The average molecular weight is 505 g/mol. The number of nitrogens with one attached hydrogen (secondary N) is 4. The van der Waals surface area contributed by atoms with Gasteiger partial charge >= 0.3 is 5.97 Å². The molecule has 0 aliphatic rings. The molecule has 8 nitrogen and oxygen atoms in total. The second-order valence-corrected chi connectivity index (χ2v) is 8.20. The van der Waals surface area contributed by atoms with Crippen molar-refractivity contribution in [2.24, 2.45) is 0 Å². The number of benzene rings is 3. The Labute approximate surface area is 215 Å². The molecule has 0 bridgehead atoms. The molecule has 4 N–H and O–H groups in total. The molecule has 3 aromatic carbocycles. The minimum Gasteiger partial charge on any atom is -0.466 e. The van der Waals surface area contributed by atoms with Crippen molar-refractivity contribution in [3.8, 4) is 0 Å². The van der Waals surface area contributed by atoms with Gasteiger partial charge in [-0.05, 0) is 67.2 Å². The summed E-state index contributed by atoms with van der Waals surface area (Å²) in [5, 5.41) is 11.6. The summed E-state index contributed by atoms with van der Waals surface area (Å²) in [4.78, 5) is 36.6. The van der Waals surface area contributed by atoms with E-state index in [1.807, 2.05) is 49.4 Å². The zero-order chi connectivity index (χ0) is 25.8. The first kappa shape index (κ1) is 26.4. The number of hydrogen-bond acceptors (Lipinski definition) is 6. The number of carbonyl (C=O) groups excluding carboxylic acids is 3. The number of para-hydroxylation sites is 2. The van der Waals surface area contributed by atoms with Crippen molar-refractivity contribution in [1.29, 1.82) is 0 Å². The van der Waals surface area contributed by atoms with Gasteiger partial charge in [0.1, 0.15) is 0 Å². The SMILES string of the molecule is CCCOC(=O)CCC(=O)NC(=S)Nc1ccccc1C(=O)Nc1ccc(Nc2ccccc2)cc1. The summed E-state index contributed by atoms with van der Waals surface area (Å²) in [6.45, 7) is 2.22. The third-order valence-electron chi connectivity index (χ3n) is 4.90. The third kappa shape index (κ3) is 8.52. The number of ether oxygens (including phenoxy) is 1. The maximum Gasteiger partial charge on any atom is 0.306 e. The highest BCUT2D eigenvalue weighted by molar-refractivity contribution is 7.80. The van der Waals surface area contributed by atoms with Crippen LogP contribution in [0.2, 0.25) is 0 Å². The van der Waals surface area contributed by atoms with Crippen LogP contribution in [0.15, 0.2) is 78.9 Å². The van der Waals surface area contributed by atoms with Gasteiger partial charge in [-0.2, -0.15) is 0 Å². The molecule has 36 heavy (non-hydrogen) atoms. The van der Waals surface area contributed by atoms with Crippen LogP contribution in [0.1, 0.15) is 36.5 Å². The lowest BCUT2D eigenvalue weighted by atomic mass is 10.1. The Morgan fingerprint density at radius 3 is 2.14 bits per heavy atom. The maximum atomic E-state index is 12.9. The highest BCUT2D eigenvalue weighted by Gasteiger charge is 2.14. The summed E-state index contributed by atoms with van der Waals surface area (Å²) in [6, 6.07) is 23.9. The first-order chi connectivity index (χ1) is 17.4. The number of esters is 1. The number of anilines is 4. The van der Waals surface area contributed by atoms with Gasteiger partial charge in [0.2, 0.25) is 5.91 Å². The topological polar surface area (TPSA) is 109 Å². The second-order valence-electron chi connectivity index (χ2n) is 7.79. The highest BCUT2D eigenvalue weighted by atomic mass is 32.1. The van der Waals surface area contributed by atoms with Crippen molar-refractivity contribution in [3.05, 3.63) is 84.4 Å². The average Bonchev–Trinajstić information content (AvgIpc) is 2.88. The molecule has 0 aliphatic carbocycles. The largest absolute Gasteiger partial charge is 0.466 e. The number of amides is 2. The van der Waals surface area contributed by atoms with Crippen molar-refractivity contribution in [2.45, 2.75) is 26.2 Å². The Hall–Kier alpha value is -4.24. The van der Waals surface area contributed by atoms with E-state index in [0.29, 0.717) is 23.5 Å². The Bertz CT molecular complexity index is 1200. The zero-order valence-electron chi connectivity index (χ0n) is 19.9. The van der Waals surface area contributed by atoms with Crippen LogP contribution in [-0.2, 0) is 14.3 Å². The van der Waals surface area contributed by atoms with E-state index in [1.54, 1.807) is 36.4 Å². The first-order valence-electron chi connectivity index (χ1n) is 11.5. The molecule has 3 rings (SSSR count). The van der Waals surface area contributed by atoms with E-state index in [1.165, 1.54) is 0 Å². The molecule has 0 saturated carbocycles. The van der Waals surface area contributed by atoms with Crippen LogP contribution in [0.5, 0.6) is 0 Å². The van der Waals surface area contributed by atoms with Gasteiger partial charge in [0.25, 0.3) is 5.91 Å². The van der Waals surface area contributed by atoms with Gasteiger partial charge in [-0.25, -0.2) is 0 Å². The molecule has 0 aliphatic heterocycles. The number of hydrogen-bond donors (Lipinski definition) is 4. The first-order valence-corrected chi connectivity index (χ1v) is 11.9. The fraction of sp³-hybridized carbons (Fsp3) is 0.185. The lowest BCUT2D eigenvalue weighted by Gasteiger charge is -2.14. The Balaban J connectivity index is 1.54. The van der Waals surface area contributed by atoms with Gasteiger partial charge in [-0.3, -0.25) is 14.4 Å². The lowest BCUT2D eigenvalue weighted by Crippen LogP contribution is -2.34. The predicted molar refractivity (Wildman–Crippen MR) is 145 cm³/mol. The van der Waals surface area contributed by atoms with E-state index in [9.17, 15) is 14.4 Å². The van der Waals surface area contributed by atoms with Crippen LogP contribution in [0.3, 0.4) is 0 Å². The molecule has 0 spiro atoms. The summed E-state index contributed by atoms with van der Waals surface area (Å²) in [5.74, 6) is -1.20. The molecule has 0 radical (unpaired) electrons. The van der Waals surface area contributed by atoms with Gasteiger partial charge in [-0.1, -0.05) is 37.3 Å². The maximum absolute atomic E-state index is 12.9. The Morgan fingerprint density at radius 1 is 0.778 bits per heavy atom. The van der Waals surface area contributed by atoms with Crippen molar-refractivity contribution >= 4 is 57.9 Å². The van der Waals surface area contributed by atoms with Crippen LogP contribution >= 0.6 is 12.2 Å². The Kier molecular flexibility index (Phi) is 9.96. The lowest BCUT2D eigenvalue weighted by molar-refractivity contribution is -0.144. The molecule has 0 atom stereocenters. The Morgan fingerprint density at radius 2 is 1.42 bits per heavy atom. The summed E-state index contributed by atoms with van der Waals surface area (Å²) < 4.78 is 4.95. The normalized spacial score (nSPS) is 10.1. The molecule has 186 valence electrons. The van der Waals surface area contributed by atoms with E-state index < -0.39 is 11.9 Å². The summed E-state index contributed by atoms with van der Waals surface area (Å²) in [5.41, 5.74) is 3.27. The number of rotatable bonds is 10. The van der Waals surface area contributed by atoms with Crippen LogP contribution in [-0.4, -0.2) is 29.5 Å². The highest BCUT2D eigenvalue weighted by Crippen LogP contribution is 2.21. The van der Waals surface area contributed by atoms with Gasteiger partial charge in [0.05, 0.1) is 24.3 Å². The molecule has 0 unspecified atom stereocenters. The quantitative estimate of drug-likeness (QED) is 0.221. The monoisotopic (exact) mass is 504 g/mol. The molecule has 0 saturated heterocycles. The molecule has 9 heteroatoms. The summed E-state index contributed by atoms with van der Waals surface area (Å²) in [6.07, 6.45) is 0.629. The summed E-state index contributed by atoms with van der Waals surface area (Å²) >= 11 is 5.21. The number of thiocarbonyl (C=S) groups is 1. The molecule has 2 amide bonds. The molecule has 0 aromatic heterocycles. The van der Waals surface area contributed by atoms with Gasteiger partial charge in [-0.15, -0.1) is 0 Å². The third-order valence-corrected chi connectivity index (χ3v) is 5.11.